The van der Waals surface area contributed by atoms with Gasteiger partial charge in [0.05, 0.1) is 38.1 Å². The Balaban J connectivity index is 1.23. The molecule has 1 aromatic heterocycles. The standard InChI is InChI=1S/C21H27N5O3/c1-28-19-5-2-4-15-10-25(13-18(15)19)20(27)8-17-12-26(11-16-9-22-24-23-16)21(14-29-17)6-3-7-21/h2,4-5,9,17H,3,6-8,10-14H2,1H3,(H,22,23,24). The Bertz CT molecular complexity index is 880. The van der Waals surface area contributed by atoms with Gasteiger partial charge in [-0.15, -0.1) is 0 Å². The number of carbonyl (C=O) groups excluding carboxylic acids is 1. The predicted molar refractivity (Wildman–Crippen MR) is 105 cm³/mol. The van der Waals surface area contributed by atoms with Crippen LogP contribution in [0.15, 0.2) is 24.4 Å². The summed E-state index contributed by atoms with van der Waals surface area (Å²) < 4.78 is 11.6. The molecule has 3 heterocycles. The van der Waals surface area contributed by atoms with Crippen molar-refractivity contribution >= 4 is 5.91 Å². The lowest BCUT2D eigenvalue weighted by Gasteiger charge is -2.54. The van der Waals surface area contributed by atoms with Crippen LogP contribution in [-0.2, 0) is 29.2 Å². The first-order valence-corrected chi connectivity index (χ1v) is 10.3. The van der Waals surface area contributed by atoms with E-state index in [-0.39, 0.29) is 17.6 Å². The van der Waals surface area contributed by atoms with Crippen LogP contribution in [0.2, 0.25) is 0 Å². The molecule has 1 amide bonds. The van der Waals surface area contributed by atoms with E-state index in [1.807, 2.05) is 17.0 Å². The molecule has 1 unspecified atom stereocenters. The third-order valence-electron chi connectivity index (χ3n) is 6.70. The number of hydrogen-bond acceptors (Lipinski definition) is 6. The van der Waals surface area contributed by atoms with Gasteiger partial charge >= 0.3 is 0 Å². The van der Waals surface area contributed by atoms with Gasteiger partial charge in [-0.3, -0.25) is 9.69 Å². The van der Waals surface area contributed by atoms with Gasteiger partial charge in [-0.25, -0.2) is 0 Å². The van der Waals surface area contributed by atoms with Gasteiger partial charge in [-0.2, -0.15) is 15.4 Å². The number of benzene rings is 1. The van der Waals surface area contributed by atoms with E-state index in [1.165, 1.54) is 12.0 Å². The second kappa shape index (κ2) is 7.42. The molecule has 1 N–H and O–H groups in total. The van der Waals surface area contributed by atoms with Crippen molar-refractivity contribution < 1.29 is 14.3 Å². The number of nitrogens with zero attached hydrogens (tertiary/aromatic N) is 4. The molecule has 154 valence electrons. The number of fused-ring (bicyclic) bond motifs is 1. The molecule has 1 atom stereocenters. The van der Waals surface area contributed by atoms with Gasteiger partial charge in [0.15, 0.2) is 0 Å². The molecule has 2 aromatic rings. The predicted octanol–water partition coefficient (Wildman–Crippen LogP) is 1.87. The zero-order chi connectivity index (χ0) is 19.8. The van der Waals surface area contributed by atoms with E-state index >= 15 is 0 Å². The Labute approximate surface area is 170 Å². The topological polar surface area (TPSA) is 83.6 Å². The monoisotopic (exact) mass is 397 g/mol. The lowest BCUT2D eigenvalue weighted by atomic mass is 9.74. The lowest BCUT2D eigenvalue weighted by molar-refractivity contribution is -0.158. The van der Waals surface area contributed by atoms with E-state index in [1.54, 1.807) is 13.3 Å². The Hall–Kier alpha value is -2.45. The molecule has 0 bridgehead atoms. The van der Waals surface area contributed by atoms with Gasteiger partial charge in [0, 0.05) is 37.3 Å². The molecular formula is C21H27N5O3. The molecule has 8 heteroatoms. The normalized spacial score (nSPS) is 23.1. The van der Waals surface area contributed by atoms with Gasteiger partial charge in [0.25, 0.3) is 0 Å². The zero-order valence-electron chi connectivity index (χ0n) is 16.8. The van der Waals surface area contributed by atoms with Crippen molar-refractivity contribution in [3.8, 4) is 5.75 Å². The van der Waals surface area contributed by atoms with Crippen LogP contribution < -0.4 is 4.74 Å². The molecule has 5 rings (SSSR count). The Morgan fingerprint density at radius 3 is 3.00 bits per heavy atom. The number of methoxy groups -OCH3 is 1. The number of morpholine rings is 1. The number of rotatable bonds is 5. The van der Waals surface area contributed by atoms with E-state index in [0.29, 0.717) is 26.1 Å². The van der Waals surface area contributed by atoms with Crippen molar-refractivity contribution in [1.29, 1.82) is 0 Å². The van der Waals surface area contributed by atoms with Gasteiger partial charge in [-0.05, 0) is 30.9 Å². The molecule has 2 fully saturated rings. The van der Waals surface area contributed by atoms with Crippen molar-refractivity contribution in [2.24, 2.45) is 0 Å². The summed E-state index contributed by atoms with van der Waals surface area (Å²) in [5, 5.41) is 10.8. The maximum atomic E-state index is 13.0. The number of H-pyrrole nitrogens is 1. The lowest BCUT2D eigenvalue weighted by Crippen LogP contribution is -2.62. The maximum absolute atomic E-state index is 13.0. The van der Waals surface area contributed by atoms with E-state index in [2.05, 4.69) is 26.4 Å². The highest BCUT2D eigenvalue weighted by atomic mass is 16.5. The summed E-state index contributed by atoms with van der Waals surface area (Å²) in [6.07, 6.45) is 5.61. The van der Waals surface area contributed by atoms with Gasteiger partial charge < -0.3 is 14.4 Å². The molecule has 8 nitrogen and oxygen atoms in total. The largest absolute Gasteiger partial charge is 0.496 e. The van der Waals surface area contributed by atoms with Gasteiger partial charge in [0.2, 0.25) is 5.91 Å². The van der Waals surface area contributed by atoms with Crippen LogP contribution in [0.1, 0.15) is 42.5 Å². The second-order valence-electron chi connectivity index (χ2n) is 8.40. The number of hydrogen-bond donors (Lipinski definition) is 1. The van der Waals surface area contributed by atoms with E-state index in [0.717, 1.165) is 42.9 Å². The van der Waals surface area contributed by atoms with Crippen molar-refractivity contribution in [3.63, 3.8) is 0 Å². The van der Waals surface area contributed by atoms with Crippen molar-refractivity contribution in [2.45, 2.75) is 57.0 Å². The summed E-state index contributed by atoms with van der Waals surface area (Å²) in [6, 6.07) is 6.01. The SMILES string of the molecule is COc1cccc2c1CN(C(=O)CC1CN(Cc3cn[nH]n3)C3(CCC3)CO1)C2. The van der Waals surface area contributed by atoms with Gasteiger partial charge in [0.1, 0.15) is 5.75 Å². The molecule has 29 heavy (non-hydrogen) atoms. The van der Waals surface area contributed by atoms with Gasteiger partial charge in [-0.1, -0.05) is 12.1 Å². The molecular weight excluding hydrogens is 370 g/mol. The van der Waals surface area contributed by atoms with Crippen LogP contribution >= 0.6 is 0 Å². The molecule has 1 saturated heterocycles. The van der Waals surface area contributed by atoms with Crippen LogP contribution in [0.25, 0.3) is 0 Å². The third kappa shape index (κ3) is 3.40. The van der Waals surface area contributed by atoms with E-state index in [9.17, 15) is 4.79 Å². The van der Waals surface area contributed by atoms with Crippen LogP contribution in [0.4, 0.5) is 0 Å². The summed E-state index contributed by atoms with van der Waals surface area (Å²) in [6.45, 7) is 3.44. The van der Waals surface area contributed by atoms with Crippen LogP contribution in [0.3, 0.4) is 0 Å². The van der Waals surface area contributed by atoms with Crippen molar-refractivity contribution in [2.75, 3.05) is 20.3 Å². The summed E-state index contributed by atoms with van der Waals surface area (Å²) >= 11 is 0. The van der Waals surface area contributed by atoms with Crippen LogP contribution in [0, 0.1) is 0 Å². The van der Waals surface area contributed by atoms with Crippen LogP contribution in [0.5, 0.6) is 5.75 Å². The average Bonchev–Trinajstić information content (AvgIpc) is 3.36. The fourth-order valence-corrected chi connectivity index (χ4v) is 4.84. The number of aromatic amines is 1. The highest BCUT2D eigenvalue weighted by Crippen LogP contribution is 2.42. The first-order valence-electron chi connectivity index (χ1n) is 10.3. The average molecular weight is 397 g/mol. The fourth-order valence-electron chi connectivity index (χ4n) is 4.84. The van der Waals surface area contributed by atoms with E-state index in [4.69, 9.17) is 9.47 Å². The molecule has 1 spiro atoms. The molecule has 1 aromatic carbocycles. The number of carbonyl (C=O) groups is 1. The number of amides is 1. The molecule has 0 radical (unpaired) electrons. The third-order valence-corrected chi connectivity index (χ3v) is 6.70. The van der Waals surface area contributed by atoms with Crippen LogP contribution in [-0.4, -0.2) is 63.0 Å². The Morgan fingerprint density at radius 1 is 1.38 bits per heavy atom. The summed E-state index contributed by atoms with van der Waals surface area (Å²) in [7, 11) is 1.68. The first-order chi connectivity index (χ1) is 14.2. The maximum Gasteiger partial charge on any atom is 0.225 e. The molecule has 1 saturated carbocycles. The number of ether oxygens (including phenoxy) is 2. The molecule has 3 aliphatic rings. The minimum Gasteiger partial charge on any atom is -0.496 e. The Morgan fingerprint density at radius 2 is 2.28 bits per heavy atom. The number of aromatic nitrogens is 3. The van der Waals surface area contributed by atoms with Crippen molar-refractivity contribution in [1.82, 2.24) is 25.2 Å². The minimum absolute atomic E-state index is 0.0915. The minimum atomic E-state index is -0.0915. The number of nitrogens with one attached hydrogen (secondary N) is 1. The van der Waals surface area contributed by atoms with Crippen molar-refractivity contribution in [3.05, 3.63) is 41.2 Å². The smallest absolute Gasteiger partial charge is 0.225 e. The Kier molecular flexibility index (Phi) is 4.75. The summed E-state index contributed by atoms with van der Waals surface area (Å²) in [5.74, 6) is 0.997. The van der Waals surface area contributed by atoms with E-state index < -0.39 is 0 Å². The zero-order valence-corrected chi connectivity index (χ0v) is 16.8. The molecule has 1 aliphatic carbocycles. The fraction of sp³-hybridized carbons (Fsp3) is 0.571. The summed E-state index contributed by atoms with van der Waals surface area (Å²) in [5.41, 5.74) is 3.33. The molecule has 2 aliphatic heterocycles. The summed E-state index contributed by atoms with van der Waals surface area (Å²) in [4.78, 5) is 17.4. The quantitative estimate of drug-likeness (QED) is 0.829. The first kappa shape index (κ1) is 18.6. The highest BCUT2D eigenvalue weighted by Gasteiger charge is 2.47. The second-order valence-corrected chi connectivity index (χ2v) is 8.40. The highest BCUT2D eigenvalue weighted by molar-refractivity contribution is 5.77.